The zero-order chi connectivity index (χ0) is 19.3. The first-order chi connectivity index (χ1) is 12.2. The summed E-state index contributed by atoms with van der Waals surface area (Å²) >= 11 is 0. The molecule has 1 aromatic carbocycles. The molecule has 1 heterocycles. The van der Waals surface area contributed by atoms with E-state index in [9.17, 15) is 28.1 Å². The van der Waals surface area contributed by atoms with Crippen molar-refractivity contribution in [2.24, 2.45) is 0 Å². The SMILES string of the molecule is CC(NC(=O)CCCn1ncc([N+](=O)[O-])n1)c1ccc(C(F)(F)F)cc1. The number of aromatic nitrogens is 3. The van der Waals surface area contributed by atoms with E-state index in [1.165, 1.54) is 12.1 Å². The molecule has 2 rings (SSSR count). The predicted octanol–water partition coefficient (Wildman–Crippen LogP) is 2.86. The lowest BCUT2D eigenvalue weighted by Gasteiger charge is -2.15. The van der Waals surface area contributed by atoms with E-state index in [1.54, 1.807) is 6.92 Å². The van der Waals surface area contributed by atoms with Gasteiger partial charge in [0, 0.05) is 6.42 Å². The maximum absolute atomic E-state index is 12.5. The standard InChI is InChI=1S/C15H16F3N5O3/c1-10(11-4-6-12(7-5-11)15(16,17)18)20-14(24)3-2-8-22-19-9-13(21-22)23(25)26/h4-7,9-10H,2-3,8H2,1H3,(H,20,24). The highest BCUT2D eigenvalue weighted by atomic mass is 19.4. The Morgan fingerprint density at radius 2 is 2.00 bits per heavy atom. The number of hydrogen-bond acceptors (Lipinski definition) is 5. The molecule has 1 atom stereocenters. The molecule has 0 spiro atoms. The monoisotopic (exact) mass is 371 g/mol. The van der Waals surface area contributed by atoms with Crippen LogP contribution in [0.5, 0.6) is 0 Å². The minimum atomic E-state index is -4.40. The van der Waals surface area contributed by atoms with E-state index in [-0.39, 0.29) is 24.7 Å². The molecule has 0 saturated heterocycles. The maximum atomic E-state index is 12.5. The van der Waals surface area contributed by atoms with E-state index < -0.39 is 22.7 Å². The molecule has 11 heteroatoms. The van der Waals surface area contributed by atoms with Crippen molar-refractivity contribution in [1.82, 2.24) is 20.3 Å². The van der Waals surface area contributed by atoms with Gasteiger partial charge in [0.05, 0.1) is 23.2 Å². The van der Waals surface area contributed by atoms with E-state index >= 15 is 0 Å². The van der Waals surface area contributed by atoms with Crippen molar-refractivity contribution >= 4 is 11.7 Å². The normalized spacial score (nSPS) is 12.6. The first-order valence-electron chi connectivity index (χ1n) is 7.68. The number of rotatable bonds is 7. The number of benzene rings is 1. The third-order valence-corrected chi connectivity index (χ3v) is 3.59. The summed E-state index contributed by atoms with van der Waals surface area (Å²) in [5.41, 5.74) is -0.198. The van der Waals surface area contributed by atoms with Crippen molar-refractivity contribution in [1.29, 1.82) is 0 Å². The van der Waals surface area contributed by atoms with Crippen molar-refractivity contribution in [2.75, 3.05) is 0 Å². The molecule has 0 bridgehead atoms. The van der Waals surface area contributed by atoms with Gasteiger partial charge in [0.2, 0.25) is 5.91 Å². The van der Waals surface area contributed by atoms with Crippen LogP contribution in [-0.2, 0) is 17.5 Å². The van der Waals surface area contributed by atoms with Crippen LogP contribution >= 0.6 is 0 Å². The van der Waals surface area contributed by atoms with Crippen LogP contribution in [-0.4, -0.2) is 25.8 Å². The number of alkyl halides is 3. The number of halogens is 3. The van der Waals surface area contributed by atoms with Gasteiger partial charge in [-0.1, -0.05) is 16.9 Å². The highest BCUT2D eigenvalue weighted by Gasteiger charge is 2.30. The van der Waals surface area contributed by atoms with Gasteiger partial charge in [-0.2, -0.15) is 13.2 Å². The Balaban J connectivity index is 1.80. The number of nitrogens with one attached hydrogen (secondary N) is 1. The van der Waals surface area contributed by atoms with Gasteiger partial charge in [0.15, 0.2) is 6.20 Å². The van der Waals surface area contributed by atoms with Crippen LogP contribution in [0.4, 0.5) is 19.0 Å². The quantitative estimate of drug-likeness (QED) is 0.595. The van der Waals surface area contributed by atoms with Crippen LogP contribution in [0.1, 0.15) is 36.9 Å². The third-order valence-electron chi connectivity index (χ3n) is 3.59. The Labute approximate surface area is 146 Å². The average Bonchev–Trinajstić information content (AvgIpc) is 3.03. The second-order valence-corrected chi connectivity index (χ2v) is 5.57. The van der Waals surface area contributed by atoms with Crippen LogP contribution < -0.4 is 5.32 Å². The third kappa shape index (κ3) is 5.26. The number of hydrogen-bond donors (Lipinski definition) is 1. The Morgan fingerprint density at radius 3 is 2.54 bits per heavy atom. The van der Waals surface area contributed by atoms with Gasteiger partial charge in [-0.15, -0.1) is 5.10 Å². The van der Waals surface area contributed by atoms with Gasteiger partial charge >= 0.3 is 12.0 Å². The summed E-state index contributed by atoms with van der Waals surface area (Å²) in [5, 5.41) is 20.5. The Kier molecular flexibility index (Phi) is 5.90. The van der Waals surface area contributed by atoms with E-state index in [2.05, 4.69) is 15.5 Å². The summed E-state index contributed by atoms with van der Waals surface area (Å²) in [6, 6.07) is 4.12. The summed E-state index contributed by atoms with van der Waals surface area (Å²) in [6.45, 7) is 1.90. The van der Waals surface area contributed by atoms with Crippen molar-refractivity contribution in [3.8, 4) is 0 Å². The lowest BCUT2D eigenvalue weighted by atomic mass is 10.1. The molecule has 0 aliphatic carbocycles. The summed E-state index contributed by atoms with van der Waals surface area (Å²) < 4.78 is 37.6. The molecule has 0 fully saturated rings. The Bertz CT molecular complexity index is 774. The Morgan fingerprint density at radius 1 is 1.35 bits per heavy atom. The molecule has 0 aliphatic heterocycles. The fourth-order valence-electron chi connectivity index (χ4n) is 2.22. The number of aryl methyl sites for hydroxylation is 1. The summed E-state index contributed by atoms with van der Waals surface area (Å²) in [5.74, 6) is -0.663. The molecule has 140 valence electrons. The average molecular weight is 371 g/mol. The first kappa shape index (κ1) is 19.3. The van der Waals surface area contributed by atoms with E-state index in [4.69, 9.17) is 0 Å². The Hall–Kier alpha value is -2.98. The minimum Gasteiger partial charge on any atom is -0.358 e. The largest absolute Gasteiger partial charge is 0.416 e. The first-order valence-corrected chi connectivity index (χ1v) is 7.68. The number of amides is 1. The number of nitrogens with zero attached hydrogens (tertiary/aromatic N) is 4. The van der Waals surface area contributed by atoms with Crippen LogP contribution in [0, 0.1) is 10.1 Å². The van der Waals surface area contributed by atoms with Crippen LogP contribution in [0.15, 0.2) is 30.5 Å². The highest BCUT2D eigenvalue weighted by Crippen LogP contribution is 2.29. The van der Waals surface area contributed by atoms with Gasteiger partial charge in [-0.3, -0.25) is 4.79 Å². The summed E-state index contributed by atoms with van der Waals surface area (Å²) in [6.07, 6.45) is -2.90. The molecule has 1 aromatic heterocycles. The predicted molar refractivity (Wildman–Crippen MR) is 83.9 cm³/mol. The fourth-order valence-corrected chi connectivity index (χ4v) is 2.22. The minimum absolute atomic E-state index is 0.125. The summed E-state index contributed by atoms with van der Waals surface area (Å²) in [4.78, 5) is 22.9. The number of carbonyl (C=O) groups is 1. The van der Waals surface area contributed by atoms with Crippen LogP contribution in [0.25, 0.3) is 0 Å². The zero-order valence-corrected chi connectivity index (χ0v) is 13.7. The summed E-state index contributed by atoms with van der Waals surface area (Å²) in [7, 11) is 0. The molecule has 0 radical (unpaired) electrons. The molecule has 26 heavy (non-hydrogen) atoms. The lowest BCUT2D eigenvalue weighted by Crippen LogP contribution is -2.26. The molecule has 0 aliphatic rings. The van der Waals surface area contributed by atoms with Crippen LogP contribution in [0.3, 0.4) is 0 Å². The van der Waals surface area contributed by atoms with Gasteiger partial charge < -0.3 is 15.4 Å². The number of carbonyl (C=O) groups excluding carboxylic acids is 1. The second kappa shape index (κ2) is 7.93. The highest BCUT2D eigenvalue weighted by molar-refractivity contribution is 5.76. The van der Waals surface area contributed by atoms with Crippen molar-refractivity contribution in [3.05, 3.63) is 51.7 Å². The van der Waals surface area contributed by atoms with Crippen molar-refractivity contribution in [3.63, 3.8) is 0 Å². The topological polar surface area (TPSA) is 103 Å². The van der Waals surface area contributed by atoms with Gasteiger partial charge in [-0.25, -0.2) is 0 Å². The maximum Gasteiger partial charge on any atom is 0.416 e. The van der Waals surface area contributed by atoms with E-state index in [0.29, 0.717) is 12.0 Å². The van der Waals surface area contributed by atoms with Gasteiger partial charge in [0.25, 0.3) is 0 Å². The molecule has 8 nitrogen and oxygen atoms in total. The molecule has 1 unspecified atom stereocenters. The zero-order valence-electron chi connectivity index (χ0n) is 13.7. The smallest absolute Gasteiger partial charge is 0.358 e. The molecule has 2 aromatic rings. The molecule has 0 saturated carbocycles. The van der Waals surface area contributed by atoms with Crippen LogP contribution in [0.2, 0.25) is 0 Å². The van der Waals surface area contributed by atoms with Gasteiger partial charge in [-0.05, 0) is 36.0 Å². The van der Waals surface area contributed by atoms with Crippen molar-refractivity contribution < 1.29 is 22.9 Å². The van der Waals surface area contributed by atoms with Gasteiger partial charge in [0.1, 0.15) is 0 Å². The molecular weight excluding hydrogens is 355 g/mol. The van der Waals surface area contributed by atoms with E-state index in [0.717, 1.165) is 23.1 Å². The molecular formula is C15H16F3N5O3. The van der Waals surface area contributed by atoms with E-state index in [1.807, 2.05) is 0 Å². The fraction of sp³-hybridized carbons (Fsp3) is 0.400. The number of nitro groups is 1. The van der Waals surface area contributed by atoms with Crippen molar-refractivity contribution in [2.45, 2.75) is 38.5 Å². The lowest BCUT2D eigenvalue weighted by molar-refractivity contribution is -0.389. The second-order valence-electron chi connectivity index (χ2n) is 5.57. The molecule has 1 amide bonds. The molecule has 1 N–H and O–H groups in total.